The highest BCUT2D eigenvalue weighted by Crippen LogP contribution is 2.34. The van der Waals surface area contributed by atoms with Crippen molar-refractivity contribution in [1.82, 2.24) is 0 Å². The Kier molecular flexibility index (Phi) is 3.13. The van der Waals surface area contributed by atoms with Crippen LogP contribution in [0, 0.1) is 5.92 Å². The zero-order chi connectivity index (χ0) is 10.0. The lowest BCUT2D eigenvalue weighted by Gasteiger charge is -2.47. The molecule has 1 aliphatic heterocycles. The molecular weight excluding hydrogens is 176 g/mol. The van der Waals surface area contributed by atoms with Gasteiger partial charge in [-0.15, -0.1) is 0 Å². The van der Waals surface area contributed by atoms with E-state index in [2.05, 4.69) is 13.8 Å². The summed E-state index contributed by atoms with van der Waals surface area (Å²) in [4.78, 5) is 0. The predicted octanol–water partition coefficient (Wildman–Crippen LogP) is 2.76. The second-order valence-electron chi connectivity index (χ2n) is 5.09. The summed E-state index contributed by atoms with van der Waals surface area (Å²) < 4.78 is 11.6. The van der Waals surface area contributed by atoms with Gasteiger partial charge >= 0.3 is 0 Å². The molecule has 1 heterocycles. The van der Waals surface area contributed by atoms with E-state index in [1.165, 1.54) is 32.1 Å². The first-order valence-electron chi connectivity index (χ1n) is 5.98. The van der Waals surface area contributed by atoms with Gasteiger partial charge in [0.2, 0.25) is 0 Å². The van der Waals surface area contributed by atoms with Gasteiger partial charge < -0.3 is 9.47 Å². The summed E-state index contributed by atoms with van der Waals surface area (Å²) in [6.45, 7) is 6.10. The largest absolute Gasteiger partial charge is 0.375 e. The van der Waals surface area contributed by atoms with E-state index in [1.807, 2.05) is 0 Å². The average Bonchev–Trinajstić information content (AvgIpc) is 2.12. The normalized spacial score (nSPS) is 27.6. The van der Waals surface area contributed by atoms with E-state index in [0.29, 0.717) is 12.0 Å². The van der Waals surface area contributed by atoms with Gasteiger partial charge in [-0.3, -0.25) is 0 Å². The van der Waals surface area contributed by atoms with Crippen LogP contribution in [-0.4, -0.2) is 24.9 Å². The molecule has 14 heavy (non-hydrogen) atoms. The van der Waals surface area contributed by atoms with E-state index < -0.39 is 0 Å². The Morgan fingerprint density at radius 3 is 2.21 bits per heavy atom. The lowest BCUT2D eigenvalue weighted by molar-refractivity contribution is -0.254. The smallest absolute Gasteiger partial charge is 0.117 e. The van der Waals surface area contributed by atoms with Crippen LogP contribution >= 0.6 is 0 Å². The minimum Gasteiger partial charge on any atom is -0.375 e. The van der Waals surface area contributed by atoms with Crippen LogP contribution in [0.5, 0.6) is 0 Å². The summed E-state index contributed by atoms with van der Waals surface area (Å²) in [5.74, 6) is 0.582. The molecule has 2 aliphatic rings. The molecule has 2 heteroatoms. The number of hydrogen-bond donors (Lipinski definition) is 0. The van der Waals surface area contributed by atoms with Crippen LogP contribution in [0.4, 0.5) is 0 Å². The maximum Gasteiger partial charge on any atom is 0.117 e. The maximum atomic E-state index is 6.25. The first kappa shape index (κ1) is 10.4. The molecule has 0 atom stereocenters. The molecule has 0 unspecified atom stereocenters. The van der Waals surface area contributed by atoms with Gasteiger partial charge in [0.05, 0.1) is 19.3 Å². The molecule has 2 fully saturated rings. The van der Waals surface area contributed by atoms with E-state index in [0.717, 1.165) is 13.2 Å². The highest BCUT2D eigenvalue weighted by molar-refractivity contribution is 4.92. The van der Waals surface area contributed by atoms with E-state index in [-0.39, 0.29) is 5.60 Å². The van der Waals surface area contributed by atoms with Gasteiger partial charge in [-0.2, -0.15) is 0 Å². The molecule has 0 spiro atoms. The molecule has 0 amide bonds. The number of rotatable bonds is 3. The van der Waals surface area contributed by atoms with Gasteiger partial charge in [0.1, 0.15) is 5.60 Å². The molecule has 2 nitrogen and oxygen atoms in total. The zero-order valence-electron chi connectivity index (χ0n) is 9.42. The molecule has 1 saturated heterocycles. The van der Waals surface area contributed by atoms with Gasteiger partial charge in [-0.25, -0.2) is 0 Å². The SMILES string of the molecule is CC(C)C1(OC2CCCCC2)COC1. The summed E-state index contributed by atoms with van der Waals surface area (Å²) in [6, 6.07) is 0. The van der Waals surface area contributed by atoms with Gasteiger partial charge in [0.25, 0.3) is 0 Å². The second-order valence-corrected chi connectivity index (χ2v) is 5.09. The zero-order valence-corrected chi connectivity index (χ0v) is 9.42. The number of ether oxygens (including phenoxy) is 2. The Hall–Kier alpha value is -0.0800. The third-order valence-corrected chi connectivity index (χ3v) is 3.70. The van der Waals surface area contributed by atoms with E-state index >= 15 is 0 Å². The lowest BCUT2D eigenvalue weighted by atomic mass is 9.87. The Morgan fingerprint density at radius 2 is 1.79 bits per heavy atom. The van der Waals surface area contributed by atoms with Crippen molar-refractivity contribution in [3.8, 4) is 0 Å². The number of hydrogen-bond acceptors (Lipinski definition) is 2. The van der Waals surface area contributed by atoms with Crippen LogP contribution in [0.25, 0.3) is 0 Å². The predicted molar refractivity (Wildman–Crippen MR) is 56.3 cm³/mol. The first-order valence-corrected chi connectivity index (χ1v) is 5.98. The third kappa shape index (κ3) is 1.96. The van der Waals surface area contributed by atoms with E-state index in [1.54, 1.807) is 0 Å². The molecule has 0 radical (unpaired) electrons. The molecule has 0 aromatic carbocycles. The monoisotopic (exact) mass is 198 g/mol. The van der Waals surface area contributed by atoms with Crippen molar-refractivity contribution in [3.63, 3.8) is 0 Å². The third-order valence-electron chi connectivity index (χ3n) is 3.70. The van der Waals surface area contributed by atoms with Crippen LogP contribution in [0.1, 0.15) is 46.0 Å². The van der Waals surface area contributed by atoms with Crippen molar-refractivity contribution in [3.05, 3.63) is 0 Å². The molecule has 0 aromatic heterocycles. The first-order chi connectivity index (χ1) is 6.73. The lowest BCUT2D eigenvalue weighted by Crippen LogP contribution is -2.57. The quantitative estimate of drug-likeness (QED) is 0.694. The molecular formula is C12H22O2. The molecule has 1 saturated carbocycles. The van der Waals surface area contributed by atoms with Crippen LogP contribution in [-0.2, 0) is 9.47 Å². The van der Waals surface area contributed by atoms with Crippen LogP contribution in [0.3, 0.4) is 0 Å². The van der Waals surface area contributed by atoms with E-state index in [4.69, 9.17) is 9.47 Å². The van der Waals surface area contributed by atoms with Gasteiger partial charge in [-0.1, -0.05) is 33.1 Å². The fourth-order valence-electron chi connectivity index (χ4n) is 2.36. The Balaban J connectivity index is 1.87. The van der Waals surface area contributed by atoms with Crippen molar-refractivity contribution < 1.29 is 9.47 Å². The fraction of sp³-hybridized carbons (Fsp3) is 1.00. The highest BCUT2D eigenvalue weighted by Gasteiger charge is 2.44. The van der Waals surface area contributed by atoms with E-state index in [9.17, 15) is 0 Å². The van der Waals surface area contributed by atoms with Crippen molar-refractivity contribution in [2.45, 2.75) is 57.7 Å². The van der Waals surface area contributed by atoms with Crippen LogP contribution < -0.4 is 0 Å². The van der Waals surface area contributed by atoms with Crippen molar-refractivity contribution >= 4 is 0 Å². The van der Waals surface area contributed by atoms with Crippen molar-refractivity contribution in [2.24, 2.45) is 5.92 Å². The average molecular weight is 198 g/mol. The Bertz CT molecular complexity index is 179. The molecule has 0 bridgehead atoms. The standard InChI is InChI=1S/C12H22O2/c1-10(2)12(8-13-9-12)14-11-6-4-3-5-7-11/h10-11H,3-9H2,1-2H3. The van der Waals surface area contributed by atoms with Gasteiger partial charge in [0.15, 0.2) is 0 Å². The summed E-state index contributed by atoms with van der Waals surface area (Å²) in [5, 5.41) is 0. The van der Waals surface area contributed by atoms with Crippen LogP contribution in [0.15, 0.2) is 0 Å². The maximum absolute atomic E-state index is 6.25. The molecule has 82 valence electrons. The molecule has 0 aromatic rings. The summed E-state index contributed by atoms with van der Waals surface area (Å²) in [5.41, 5.74) is 0.0575. The topological polar surface area (TPSA) is 18.5 Å². The van der Waals surface area contributed by atoms with Crippen molar-refractivity contribution in [1.29, 1.82) is 0 Å². The highest BCUT2D eigenvalue weighted by atomic mass is 16.6. The molecule has 2 rings (SSSR count). The Morgan fingerprint density at radius 1 is 1.14 bits per heavy atom. The van der Waals surface area contributed by atoms with Gasteiger partial charge in [-0.05, 0) is 18.8 Å². The summed E-state index contributed by atoms with van der Waals surface area (Å²) in [6.07, 6.45) is 7.11. The van der Waals surface area contributed by atoms with Crippen molar-refractivity contribution in [2.75, 3.05) is 13.2 Å². The minimum atomic E-state index is 0.0575. The van der Waals surface area contributed by atoms with Gasteiger partial charge in [0, 0.05) is 0 Å². The summed E-state index contributed by atoms with van der Waals surface area (Å²) >= 11 is 0. The molecule has 0 N–H and O–H groups in total. The molecule has 1 aliphatic carbocycles. The Labute approximate surface area is 87.0 Å². The second kappa shape index (κ2) is 4.19. The fourth-order valence-corrected chi connectivity index (χ4v) is 2.36. The summed E-state index contributed by atoms with van der Waals surface area (Å²) in [7, 11) is 0. The van der Waals surface area contributed by atoms with Crippen LogP contribution in [0.2, 0.25) is 0 Å². The minimum absolute atomic E-state index is 0.0575.